The molecule has 0 bridgehead atoms. The number of carbonyl (C=O) groups is 2. The Kier molecular flexibility index (Phi) is 7.43. The highest BCUT2D eigenvalue weighted by Crippen LogP contribution is 2.32. The molecule has 0 aromatic heterocycles. The van der Waals surface area contributed by atoms with Crippen LogP contribution in [0, 0.1) is 6.92 Å². The van der Waals surface area contributed by atoms with E-state index in [1.54, 1.807) is 12.1 Å². The van der Waals surface area contributed by atoms with Crippen LogP contribution in [0.5, 0.6) is 0 Å². The van der Waals surface area contributed by atoms with Gasteiger partial charge >= 0.3 is 5.97 Å². The molecule has 1 amide bonds. The minimum Gasteiger partial charge on any atom is -0.465 e. The van der Waals surface area contributed by atoms with Crippen LogP contribution >= 0.6 is 0 Å². The maximum absolute atomic E-state index is 13.1. The van der Waals surface area contributed by atoms with E-state index in [1.165, 1.54) is 12.7 Å². The molecule has 2 aromatic carbocycles. The number of likely N-dealkylation sites (tertiary alicyclic amines) is 1. The van der Waals surface area contributed by atoms with Crippen LogP contribution in [0.15, 0.2) is 48.5 Å². The standard InChI is InChI=1S/C24H31N3O4/c1-17-8-6-12-20(24(30)31-2)23(17)26-22(29)16-27(15-21(25)28)13-7-11-19(14-27)18-9-4-3-5-10-18/h3-6,8-10,12,19,21,28H,7,11,13-16,25H2,1-2H3/p+1. The summed E-state index contributed by atoms with van der Waals surface area (Å²) < 4.78 is 5.26. The average molecular weight is 427 g/mol. The smallest absolute Gasteiger partial charge is 0.339 e. The number of piperidine rings is 1. The van der Waals surface area contributed by atoms with Crippen LogP contribution in [0.25, 0.3) is 0 Å². The minimum absolute atomic E-state index is 0.173. The Morgan fingerprint density at radius 1 is 1.23 bits per heavy atom. The van der Waals surface area contributed by atoms with Gasteiger partial charge in [-0.1, -0.05) is 42.5 Å². The number of hydrogen-bond acceptors (Lipinski definition) is 5. The molecule has 4 N–H and O–H groups in total. The Bertz CT molecular complexity index is 916. The zero-order valence-corrected chi connectivity index (χ0v) is 18.2. The third kappa shape index (κ3) is 5.70. The molecular weight excluding hydrogens is 394 g/mol. The summed E-state index contributed by atoms with van der Waals surface area (Å²) in [5, 5.41) is 12.9. The third-order valence-electron chi connectivity index (χ3n) is 6.06. The first kappa shape index (κ1) is 22.9. The summed E-state index contributed by atoms with van der Waals surface area (Å²) in [5.74, 6) is -0.415. The number of quaternary nitrogens is 1. The fourth-order valence-electron chi connectivity index (χ4n) is 4.69. The van der Waals surface area contributed by atoms with E-state index >= 15 is 0 Å². The van der Waals surface area contributed by atoms with Gasteiger partial charge in [-0.05, 0) is 37.0 Å². The monoisotopic (exact) mass is 426 g/mol. The van der Waals surface area contributed by atoms with Gasteiger partial charge in [0.05, 0.1) is 31.5 Å². The lowest BCUT2D eigenvalue weighted by molar-refractivity contribution is -0.929. The van der Waals surface area contributed by atoms with Crippen LogP contribution in [-0.4, -0.2) is 61.0 Å². The molecule has 7 heteroatoms. The van der Waals surface area contributed by atoms with Gasteiger partial charge in [-0.25, -0.2) is 4.79 Å². The Balaban J connectivity index is 1.82. The van der Waals surface area contributed by atoms with Gasteiger partial charge in [0.1, 0.15) is 6.54 Å². The van der Waals surface area contributed by atoms with Crippen molar-refractivity contribution in [3.8, 4) is 0 Å². The second kappa shape index (κ2) is 10.0. The number of para-hydroxylation sites is 1. The summed E-state index contributed by atoms with van der Waals surface area (Å²) in [5.41, 5.74) is 8.58. The minimum atomic E-state index is -1.01. The van der Waals surface area contributed by atoms with Crippen molar-refractivity contribution in [1.82, 2.24) is 0 Å². The number of nitrogens with two attached hydrogens (primary N) is 1. The zero-order valence-electron chi connectivity index (χ0n) is 18.2. The summed E-state index contributed by atoms with van der Waals surface area (Å²) in [6, 6.07) is 15.5. The molecule has 1 fully saturated rings. The van der Waals surface area contributed by atoms with E-state index in [4.69, 9.17) is 10.5 Å². The van der Waals surface area contributed by atoms with Gasteiger partial charge in [0.2, 0.25) is 0 Å². The second-order valence-electron chi connectivity index (χ2n) is 8.44. The van der Waals surface area contributed by atoms with E-state index in [0.717, 1.165) is 31.5 Å². The maximum Gasteiger partial charge on any atom is 0.339 e. The number of benzene rings is 2. The Morgan fingerprint density at radius 3 is 2.65 bits per heavy atom. The number of ether oxygens (including phenoxy) is 1. The SMILES string of the molecule is COC(=O)c1cccc(C)c1NC(=O)C[N+]1(CC(N)O)CCCC(c2ccccc2)C1. The number of nitrogens with zero attached hydrogens (tertiary/aromatic N) is 1. The average Bonchev–Trinajstić information content (AvgIpc) is 2.74. The first-order valence-corrected chi connectivity index (χ1v) is 10.6. The van der Waals surface area contributed by atoms with Gasteiger partial charge in [0.25, 0.3) is 5.91 Å². The molecule has 0 radical (unpaired) electrons. The van der Waals surface area contributed by atoms with Crippen molar-refractivity contribution in [2.45, 2.75) is 31.9 Å². The number of anilines is 1. The largest absolute Gasteiger partial charge is 0.465 e. The summed E-state index contributed by atoms with van der Waals surface area (Å²) in [4.78, 5) is 25.3. The fourth-order valence-corrected chi connectivity index (χ4v) is 4.69. The number of amides is 1. The summed E-state index contributed by atoms with van der Waals surface area (Å²) >= 11 is 0. The first-order chi connectivity index (χ1) is 14.8. The molecule has 3 rings (SSSR count). The number of rotatable bonds is 7. The number of aryl methyl sites for hydroxylation is 1. The van der Waals surface area contributed by atoms with Crippen molar-refractivity contribution < 1.29 is 23.9 Å². The number of methoxy groups -OCH3 is 1. The van der Waals surface area contributed by atoms with Crippen LogP contribution in [0.2, 0.25) is 0 Å². The summed E-state index contributed by atoms with van der Waals surface area (Å²) in [7, 11) is 1.32. The molecule has 1 aliphatic rings. The highest BCUT2D eigenvalue weighted by molar-refractivity contribution is 6.02. The Morgan fingerprint density at radius 2 is 1.97 bits per heavy atom. The lowest BCUT2D eigenvalue weighted by Crippen LogP contribution is -2.60. The van der Waals surface area contributed by atoms with Gasteiger partial charge in [-0.15, -0.1) is 0 Å². The molecule has 166 valence electrons. The number of aliphatic hydroxyl groups is 1. The number of esters is 1. The number of nitrogens with one attached hydrogen (secondary N) is 1. The van der Waals surface area contributed by atoms with Crippen LogP contribution in [-0.2, 0) is 9.53 Å². The maximum atomic E-state index is 13.1. The fraction of sp³-hybridized carbons (Fsp3) is 0.417. The molecule has 0 saturated carbocycles. The summed E-state index contributed by atoms with van der Waals surface area (Å²) in [6.45, 7) is 3.80. The molecule has 3 unspecified atom stereocenters. The van der Waals surface area contributed by atoms with Gasteiger partial charge in [0, 0.05) is 5.92 Å². The van der Waals surface area contributed by atoms with E-state index in [2.05, 4.69) is 17.4 Å². The van der Waals surface area contributed by atoms with Crippen molar-refractivity contribution in [3.05, 3.63) is 65.2 Å². The number of hydrogen-bond donors (Lipinski definition) is 3. The normalized spacial score (nSPS) is 21.9. The van der Waals surface area contributed by atoms with Crippen LogP contribution in [0.4, 0.5) is 5.69 Å². The third-order valence-corrected chi connectivity index (χ3v) is 6.06. The lowest BCUT2D eigenvalue weighted by atomic mass is 9.88. The Hall–Kier alpha value is -2.74. The van der Waals surface area contributed by atoms with E-state index in [9.17, 15) is 14.7 Å². The Labute approximate surface area is 183 Å². The molecule has 7 nitrogen and oxygen atoms in total. The molecule has 3 atom stereocenters. The molecule has 31 heavy (non-hydrogen) atoms. The van der Waals surface area contributed by atoms with Crippen molar-refractivity contribution >= 4 is 17.6 Å². The van der Waals surface area contributed by atoms with Crippen molar-refractivity contribution in [2.24, 2.45) is 5.73 Å². The van der Waals surface area contributed by atoms with Gasteiger partial charge in [-0.3, -0.25) is 4.79 Å². The quantitative estimate of drug-likeness (QED) is 0.359. The highest BCUT2D eigenvalue weighted by atomic mass is 16.5. The van der Waals surface area contributed by atoms with Crippen molar-refractivity contribution in [1.29, 1.82) is 0 Å². The molecular formula is C24H32N3O4+. The molecule has 1 aliphatic heterocycles. The van der Waals surface area contributed by atoms with Crippen molar-refractivity contribution in [3.63, 3.8) is 0 Å². The van der Waals surface area contributed by atoms with E-state index < -0.39 is 12.2 Å². The predicted octanol–water partition coefficient (Wildman–Crippen LogP) is 2.39. The van der Waals surface area contributed by atoms with E-state index in [0.29, 0.717) is 28.2 Å². The van der Waals surface area contributed by atoms with Crippen molar-refractivity contribution in [2.75, 3.05) is 38.6 Å². The first-order valence-electron chi connectivity index (χ1n) is 10.6. The topological polar surface area (TPSA) is 102 Å². The van der Waals surface area contributed by atoms with E-state index in [1.807, 2.05) is 31.2 Å². The van der Waals surface area contributed by atoms with Crippen LogP contribution in [0.3, 0.4) is 0 Å². The highest BCUT2D eigenvalue weighted by Gasteiger charge is 2.38. The lowest BCUT2D eigenvalue weighted by Gasteiger charge is -2.44. The summed E-state index contributed by atoms with van der Waals surface area (Å²) in [6.07, 6.45) is 0.972. The molecule has 0 aliphatic carbocycles. The molecule has 1 saturated heterocycles. The molecule has 1 heterocycles. The zero-order chi connectivity index (χ0) is 22.4. The number of aliphatic hydroxyl groups excluding tert-OH is 1. The van der Waals surface area contributed by atoms with Gasteiger partial charge in [-0.2, -0.15) is 0 Å². The predicted molar refractivity (Wildman–Crippen MR) is 119 cm³/mol. The molecule has 0 spiro atoms. The second-order valence-corrected chi connectivity index (χ2v) is 8.44. The molecule has 2 aromatic rings. The van der Waals surface area contributed by atoms with Crippen LogP contribution < -0.4 is 11.1 Å². The number of carbonyl (C=O) groups excluding carboxylic acids is 2. The van der Waals surface area contributed by atoms with E-state index in [-0.39, 0.29) is 12.5 Å². The van der Waals surface area contributed by atoms with Gasteiger partial charge in [0.15, 0.2) is 12.8 Å². The van der Waals surface area contributed by atoms with Crippen LogP contribution in [0.1, 0.15) is 40.2 Å². The van der Waals surface area contributed by atoms with Gasteiger partial charge < -0.3 is 25.4 Å².